The first kappa shape index (κ1) is 8.78. The van der Waals surface area contributed by atoms with Crippen LogP contribution in [-0.4, -0.2) is 4.57 Å². The highest BCUT2D eigenvalue weighted by molar-refractivity contribution is 5.80. The molecular weight excluding hydrogens is 182 g/mol. The van der Waals surface area contributed by atoms with E-state index in [1.54, 1.807) is 0 Å². The van der Waals surface area contributed by atoms with E-state index in [1.807, 2.05) is 0 Å². The lowest BCUT2D eigenvalue weighted by atomic mass is 10.2. The van der Waals surface area contributed by atoms with Gasteiger partial charge in [-0.1, -0.05) is 29.8 Å². The predicted octanol–water partition coefficient (Wildman–Crippen LogP) is 4.17. The zero-order valence-electron chi connectivity index (χ0n) is 8.98. The molecule has 1 aliphatic carbocycles. The number of allylic oxidation sites excluding steroid dienone is 2. The topological polar surface area (TPSA) is 4.93 Å². The fourth-order valence-corrected chi connectivity index (χ4v) is 2.51. The van der Waals surface area contributed by atoms with Gasteiger partial charge in [-0.05, 0) is 37.3 Å². The normalized spacial score (nSPS) is 20.9. The van der Waals surface area contributed by atoms with E-state index < -0.39 is 0 Å². The van der Waals surface area contributed by atoms with Crippen LogP contribution in [0.25, 0.3) is 10.9 Å². The zero-order chi connectivity index (χ0) is 10.3. The molecular formula is C14H17N. The molecule has 0 spiro atoms. The Morgan fingerprint density at radius 1 is 1.27 bits per heavy atom. The number of hydrogen-bond acceptors (Lipinski definition) is 0. The number of aromatic nitrogens is 1. The first-order valence-electron chi connectivity index (χ1n) is 5.56. The third-order valence-corrected chi connectivity index (χ3v) is 3.32. The maximum atomic E-state index is 2.42. The molecule has 1 aliphatic rings. The average Bonchev–Trinajstić information content (AvgIpc) is 2.83. The first-order valence-corrected chi connectivity index (χ1v) is 5.56. The van der Waals surface area contributed by atoms with Gasteiger partial charge in [-0.2, -0.15) is 0 Å². The predicted molar refractivity (Wildman–Crippen MR) is 66.1 cm³/mol. The van der Waals surface area contributed by atoms with Gasteiger partial charge in [0.1, 0.15) is 0 Å². The molecule has 1 heteroatoms. The molecule has 1 nitrogen and oxygen atoms in total. The minimum absolute atomic E-state index is 0. The molecule has 0 amide bonds. The van der Waals surface area contributed by atoms with Gasteiger partial charge < -0.3 is 4.57 Å². The molecule has 1 aromatic heterocycles. The fourth-order valence-electron chi connectivity index (χ4n) is 2.51. The lowest BCUT2D eigenvalue weighted by molar-refractivity contribution is 0.547. The Balaban J connectivity index is 0.000000963. The minimum atomic E-state index is 0. The molecule has 0 radical (unpaired) electrons. The van der Waals surface area contributed by atoms with E-state index in [2.05, 4.69) is 54.1 Å². The van der Waals surface area contributed by atoms with Crippen LogP contribution in [0, 0.1) is 0 Å². The second-order valence-corrected chi connectivity index (χ2v) is 4.43. The van der Waals surface area contributed by atoms with Crippen LogP contribution in [0.15, 0.2) is 48.2 Å². The quantitative estimate of drug-likeness (QED) is 0.607. The fraction of sp³-hybridized carbons (Fsp3) is 0.286. The van der Waals surface area contributed by atoms with Gasteiger partial charge in [0.2, 0.25) is 0 Å². The van der Waals surface area contributed by atoms with Crippen LogP contribution in [0.1, 0.15) is 27.2 Å². The van der Waals surface area contributed by atoms with Crippen molar-refractivity contribution < 1.29 is 1.43 Å². The van der Waals surface area contributed by atoms with E-state index in [0.29, 0.717) is 6.04 Å². The number of rotatable bonds is 1. The Kier molecular flexibility index (Phi) is 1.91. The second kappa shape index (κ2) is 3.27. The summed E-state index contributed by atoms with van der Waals surface area (Å²) >= 11 is 0. The van der Waals surface area contributed by atoms with Gasteiger partial charge in [0.05, 0.1) is 0 Å². The van der Waals surface area contributed by atoms with Crippen molar-refractivity contribution in [3.63, 3.8) is 0 Å². The lowest BCUT2D eigenvalue weighted by Gasteiger charge is -2.13. The van der Waals surface area contributed by atoms with Crippen LogP contribution in [-0.2, 0) is 0 Å². The van der Waals surface area contributed by atoms with Gasteiger partial charge in [0, 0.05) is 19.2 Å². The molecule has 0 saturated heterocycles. The highest BCUT2D eigenvalue weighted by atomic mass is 15.0. The van der Waals surface area contributed by atoms with E-state index in [9.17, 15) is 0 Å². The maximum Gasteiger partial charge on any atom is 0.0483 e. The van der Waals surface area contributed by atoms with Gasteiger partial charge in [-0.25, -0.2) is 0 Å². The average molecular weight is 199 g/mol. The van der Waals surface area contributed by atoms with E-state index >= 15 is 0 Å². The highest BCUT2D eigenvalue weighted by Crippen LogP contribution is 2.32. The van der Waals surface area contributed by atoms with Crippen LogP contribution in [0.5, 0.6) is 0 Å². The van der Waals surface area contributed by atoms with Gasteiger partial charge in [-0.15, -0.1) is 0 Å². The van der Waals surface area contributed by atoms with Crippen molar-refractivity contribution in [1.29, 1.82) is 0 Å². The molecule has 1 unspecified atom stereocenters. The summed E-state index contributed by atoms with van der Waals surface area (Å²) in [5, 5.41) is 1.35. The Labute approximate surface area is 91.5 Å². The summed E-state index contributed by atoms with van der Waals surface area (Å²) in [6, 6.07) is 11.5. The zero-order valence-corrected chi connectivity index (χ0v) is 8.98. The summed E-state index contributed by atoms with van der Waals surface area (Å²) in [5.41, 5.74) is 2.89. The van der Waals surface area contributed by atoms with Crippen molar-refractivity contribution >= 4 is 10.9 Å². The van der Waals surface area contributed by atoms with Gasteiger partial charge in [0.25, 0.3) is 0 Å². The minimum Gasteiger partial charge on any atom is -0.344 e. The molecule has 0 saturated carbocycles. The SMILES string of the molecule is CC1=CCC(n2ccc3ccccc32)C1.[HH]. The van der Waals surface area contributed by atoms with Crippen LogP contribution >= 0.6 is 0 Å². The molecule has 0 bridgehead atoms. The molecule has 1 atom stereocenters. The summed E-state index contributed by atoms with van der Waals surface area (Å²) in [5.74, 6) is 0. The highest BCUT2D eigenvalue weighted by Gasteiger charge is 2.16. The Morgan fingerprint density at radius 3 is 2.93 bits per heavy atom. The van der Waals surface area contributed by atoms with Crippen molar-refractivity contribution in [2.75, 3.05) is 0 Å². The number of fused-ring (bicyclic) bond motifs is 1. The maximum absolute atomic E-state index is 2.42. The third-order valence-electron chi connectivity index (χ3n) is 3.32. The summed E-state index contributed by atoms with van der Waals surface area (Å²) in [7, 11) is 0. The van der Waals surface area contributed by atoms with Crippen molar-refractivity contribution in [1.82, 2.24) is 4.57 Å². The Hall–Kier alpha value is -1.50. The second-order valence-electron chi connectivity index (χ2n) is 4.43. The third kappa shape index (κ3) is 1.39. The molecule has 78 valence electrons. The molecule has 3 rings (SSSR count). The van der Waals surface area contributed by atoms with Crippen LogP contribution in [0.4, 0.5) is 0 Å². The molecule has 0 fully saturated rings. The largest absolute Gasteiger partial charge is 0.344 e. The molecule has 15 heavy (non-hydrogen) atoms. The van der Waals surface area contributed by atoms with E-state index in [1.165, 1.54) is 29.3 Å². The van der Waals surface area contributed by atoms with E-state index in [0.717, 1.165) is 0 Å². The summed E-state index contributed by atoms with van der Waals surface area (Å²) in [4.78, 5) is 0. The van der Waals surface area contributed by atoms with E-state index in [-0.39, 0.29) is 1.43 Å². The number of nitrogens with zero attached hydrogens (tertiary/aromatic N) is 1. The number of para-hydroxylation sites is 1. The lowest BCUT2D eigenvalue weighted by Crippen LogP contribution is -2.03. The Bertz CT molecular complexity index is 524. The van der Waals surface area contributed by atoms with Crippen molar-refractivity contribution in [3.8, 4) is 0 Å². The standard InChI is InChI=1S/C14H15N.H2/c1-11-6-7-13(10-11)15-9-8-12-4-2-3-5-14(12)15;/h2-6,8-9,13H,7,10H2,1H3;1H. The molecule has 0 N–H and O–H groups in total. The number of hydrogen-bond donors (Lipinski definition) is 0. The molecule has 1 aromatic carbocycles. The van der Waals surface area contributed by atoms with E-state index in [4.69, 9.17) is 0 Å². The molecule has 2 aromatic rings. The van der Waals surface area contributed by atoms with Gasteiger partial charge in [-0.3, -0.25) is 0 Å². The van der Waals surface area contributed by atoms with Crippen molar-refractivity contribution in [3.05, 3.63) is 48.2 Å². The molecule has 1 heterocycles. The monoisotopic (exact) mass is 199 g/mol. The first-order chi connectivity index (χ1) is 7.34. The van der Waals surface area contributed by atoms with Gasteiger partial charge in [0.15, 0.2) is 0 Å². The van der Waals surface area contributed by atoms with Crippen LogP contribution < -0.4 is 0 Å². The summed E-state index contributed by atoms with van der Waals surface area (Å²) < 4.78 is 2.42. The smallest absolute Gasteiger partial charge is 0.0483 e. The Morgan fingerprint density at radius 2 is 2.13 bits per heavy atom. The summed E-state index contributed by atoms with van der Waals surface area (Å²) in [6.45, 7) is 2.23. The molecule has 0 aliphatic heterocycles. The van der Waals surface area contributed by atoms with Crippen LogP contribution in [0.2, 0.25) is 0 Å². The van der Waals surface area contributed by atoms with Crippen molar-refractivity contribution in [2.45, 2.75) is 25.8 Å². The van der Waals surface area contributed by atoms with Crippen LogP contribution in [0.3, 0.4) is 0 Å². The number of benzene rings is 1. The van der Waals surface area contributed by atoms with Crippen molar-refractivity contribution in [2.24, 2.45) is 0 Å². The summed E-state index contributed by atoms with van der Waals surface area (Å²) in [6.07, 6.45) is 6.98. The van der Waals surface area contributed by atoms with Gasteiger partial charge >= 0.3 is 0 Å².